The maximum absolute atomic E-state index is 11.3. The normalized spacial score (nSPS) is 31.4. The van der Waals surface area contributed by atoms with Gasteiger partial charge in [-0.3, -0.25) is 0 Å². The first-order valence-electron chi connectivity index (χ1n) is 10.8. The van der Waals surface area contributed by atoms with Crippen molar-refractivity contribution in [2.24, 2.45) is 0 Å². The third-order valence-electron chi connectivity index (χ3n) is 6.01. The molecule has 3 rings (SSSR count). The summed E-state index contributed by atoms with van der Waals surface area (Å²) < 4.78 is 11.2. The predicted molar refractivity (Wildman–Crippen MR) is 109 cm³/mol. The molecule has 0 spiro atoms. The lowest BCUT2D eigenvalue weighted by molar-refractivity contribution is -0.271. The van der Waals surface area contributed by atoms with Crippen LogP contribution in [0.25, 0.3) is 0 Å². The number of aliphatic hydroxyl groups is 3. The van der Waals surface area contributed by atoms with Gasteiger partial charge in [-0.05, 0) is 62.4 Å². The Morgan fingerprint density at radius 2 is 1.83 bits per heavy atom. The van der Waals surface area contributed by atoms with Crippen molar-refractivity contribution in [1.82, 2.24) is 4.90 Å². The van der Waals surface area contributed by atoms with Gasteiger partial charge in [-0.15, -0.1) is 0 Å². The average molecular weight is 424 g/mol. The van der Waals surface area contributed by atoms with Crippen LogP contribution in [0.2, 0.25) is 0 Å². The molecule has 30 heavy (non-hydrogen) atoms. The number of carbonyl (C=O) groups is 1. The second kappa shape index (κ2) is 10.1. The molecule has 1 saturated heterocycles. The van der Waals surface area contributed by atoms with Gasteiger partial charge in [-0.2, -0.15) is 0 Å². The minimum atomic E-state index is -1.73. The number of fused-ring (bicyclic) bond motifs is 1. The van der Waals surface area contributed by atoms with E-state index in [1.54, 1.807) is 6.07 Å². The molecular formula is C22H33NO7. The minimum Gasteiger partial charge on any atom is -0.479 e. The summed E-state index contributed by atoms with van der Waals surface area (Å²) in [6, 6.07) is 6.08. The van der Waals surface area contributed by atoms with Crippen molar-refractivity contribution in [3.63, 3.8) is 0 Å². The molecule has 1 aromatic rings. The van der Waals surface area contributed by atoms with Gasteiger partial charge in [0.2, 0.25) is 6.29 Å². The molecule has 2 aliphatic rings. The van der Waals surface area contributed by atoms with Crippen LogP contribution in [0.15, 0.2) is 18.2 Å². The van der Waals surface area contributed by atoms with Crippen molar-refractivity contribution >= 4 is 5.97 Å². The second-order valence-corrected chi connectivity index (χ2v) is 8.18. The first-order chi connectivity index (χ1) is 14.4. The molecule has 0 bridgehead atoms. The molecule has 0 radical (unpaired) electrons. The number of rotatable bonds is 8. The van der Waals surface area contributed by atoms with Crippen molar-refractivity contribution in [2.75, 3.05) is 13.1 Å². The summed E-state index contributed by atoms with van der Waals surface area (Å²) >= 11 is 0. The van der Waals surface area contributed by atoms with Crippen molar-refractivity contribution in [2.45, 2.75) is 82.7 Å². The summed E-state index contributed by atoms with van der Waals surface area (Å²) in [4.78, 5) is 13.9. The zero-order valence-corrected chi connectivity index (χ0v) is 17.6. The Balaban J connectivity index is 1.81. The summed E-state index contributed by atoms with van der Waals surface area (Å²) in [5.41, 5.74) is 2.19. The largest absolute Gasteiger partial charge is 0.479 e. The molecule has 0 saturated carbocycles. The standard InChI is InChI=1S/C22H33NO7/c1-3-10-23(11-4-2)14-9-8-13-6-5-7-16(15(13)12-14)29-22-19(26)17(24)18(25)20(30-22)21(27)28/h5-7,14,17-20,22,24-26H,3-4,8-12H2,1-2H3,(H,27,28)/t14?,17-,18-,19+,20-,22+/m0/s1. The first-order valence-corrected chi connectivity index (χ1v) is 10.8. The molecular weight excluding hydrogens is 390 g/mol. The minimum absolute atomic E-state index is 0.388. The third kappa shape index (κ3) is 4.78. The van der Waals surface area contributed by atoms with Gasteiger partial charge >= 0.3 is 5.97 Å². The Kier molecular flexibility index (Phi) is 7.70. The number of ether oxygens (including phenoxy) is 2. The lowest BCUT2D eigenvalue weighted by atomic mass is 9.86. The molecule has 1 fully saturated rings. The average Bonchev–Trinajstić information content (AvgIpc) is 2.73. The quantitative estimate of drug-likeness (QED) is 0.488. The number of hydrogen-bond acceptors (Lipinski definition) is 7. The predicted octanol–water partition coefficient (Wildman–Crippen LogP) is 0.937. The summed E-state index contributed by atoms with van der Waals surface area (Å²) in [7, 11) is 0. The van der Waals surface area contributed by atoms with Gasteiger partial charge in [0.25, 0.3) is 0 Å². The van der Waals surface area contributed by atoms with Crippen LogP contribution in [0.4, 0.5) is 0 Å². The Morgan fingerprint density at radius 3 is 2.47 bits per heavy atom. The maximum atomic E-state index is 11.3. The summed E-state index contributed by atoms with van der Waals surface area (Å²) in [6.45, 7) is 6.42. The number of benzene rings is 1. The topological polar surface area (TPSA) is 120 Å². The second-order valence-electron chi connectivity index (χ2n) is 8.18. The van der Waals surface area contributed by atoms with Crippen molar-refractivity contribution in [3.8, 4) is 5.75 Å². The van der Waals surface area contributed by atoms with Crippen LogP contribution >= 0.6 is 0 Å². The Hall–Kier alpha value is -1.71. The smallest absolute Gasteiger partial charge is 0.335 e. The molecule has 1 aliphatic carbocycles. The van der Waals surface area contributed by atoms with E-state index < -0.39 is 36.7 Å². The molecule has 4 N–H and O–H groups in total. The fraction of sp³-hybridized carbons (Fsp3) is 0.682. The van der Waals surface area contributed by atoms with Gasteiger partial charge in [0, 0.05) is 6.04 Å². The Morgan fingerprint density at radius 1 is 1.13 bits per heavy atom. The van der Waals surface area contributed by atoms with E-state index in [2.05, 4.69) is 24.8 Å². The molecule has 1 aliphatic heterocycles. The highest BCUT2D eigenvalue weighted by atomic mass is 16.7. The van der Waals surface area contributed by atoms with E-state index in [1.165, 1.54) is 0 Å². The number of aliphatic hydroxyl groups excluding tert-OH is 3. The van der Waals surface area contributed by atoms with Crippen molar-refractivity contribution in [1.29, 1.82) is 0 Å². The third-order valence-corrected chi connectivity index (χ3v) is 6.01. The van der Waals surface area contributed by atoms with Gasteiger partial charge in [0.15, 0.2) is 6.10 Å². The molecule has 1 unspecified atom stereocenters. The van der Waals surface area contributed by atoms with Crippen LogP contribution in [0.1, 0.15) is 44.2 Å². The number of hydrogen-bond donors (Lipinski definition) is 4. The lowest BCUT2D eigenvalue weighted by Crippen LogP contribution is -2.61. The SMILES string of the molecule is CCCN(CCC)C1CCc2cccc(O[C@@H]3O[C@H](C(=O)O)[C@@H](O)[C@H](O)[C@H]3O)c2C1. The van der Waals surface area contributed by atoms with E-state index in [1.807, 2.05) is 6.07 Å². The molecule has 8 heteroatoms. The van der Waals surface area contributed by atoms with E-state index in [0.717, 1.165) is 56.3 Å². The lowest BCUT2D eigenvalue weighted by Gasteiger charge is -2.39. The van der Waals surface area contributed by atoms with E-state index in [4.69, 9.17) is 9.47 Å². The molecule has 0 aromatic heterocycles. The highest BCUT2D eigenvalue weighted by Crippen LogP contribution is 2.34. The number of nitrogens with zero attached hydrogens (tertiary/aromatic N) is 1. The van der Waals surface area contributed by atoms with Crippen LogP contribution in [-0.4, -0.2) is 81.1 Å². The zero-order chi connectivity index (χ0) is 21.8. The monoisotopic (exact) mass is 423 g/mol. The molecule has 168 valence electrons. The van der Waals surface area contributed by atoms with E-state index in [9.17, 15) is 25.2 Å². The van der Waals surface area contributed by atoms with Crippen LogP contribution in [0.3, 0.4) is 0 Å². The van der Waals surface area contributed by atoms with Crippen LogP contribution < -0.4 is 4.74 Å². The number of aryl methyl sites for hydroxylation is 1. The first kappa shape index (κ1) is 23.0. The highest BCUT2D eigenvalue weighted by molar-refractivity contribution is 5.73. The molecule has 0 amide bonds. The fourth-order valence-electron chi connectivity index (χ4n) is 4.48. The van der Waals surface area contributed by atoms with Crippen molar-refractivity contribution < 1.29 is 34.7 Å². The van der Waals surface area contributed by atoms with Gasteiger partial charge in [-0.25, -0.2) is 4.79 Å². The molecule has 8 nitrogen and oxygen atoms in total. The Labute approximate surface area is 177 Å². The van der Waals surface area contributed by atoms with Gasteiger partial charge in [-0.1, -0.05) is 26.0 Å². The van der Waals surface area contributed by atoms with Gasteiger partial charge in [0.05, 0.1) is 0 Å². The van der Waals surface area contributed by atoms with E-state index in [0.29, 0.717) is 11.8 Å². The highest BCUT2D eigenvalue weighted by Gasteiger charge is 2.48. The maximum Gasteiger partial charge on any atom is 0.335 e. The summed E-state index contributed by atoms with van der Waals surface area (Å²) in [6.07, 6.45) is -3.11. The van der Waals surface area contributed by atoms with Crippen LogP contribution in [0.5, 0.6) is 5.75 Å². The number of carboxylic acids is 1. The summed E-state index contributed by atoms with van der Waals surface area (Å²) in [5.74, 6) is -0.908. The number of carboxylic acid groups (broad SMARTS) is 1. The van der Waals surface area contributed by atoms with Crippen LogP contribution in [-0.2, 0) is 22.4 Å². The Bertz CT molecular complexity index is 721. The fourth-order valence-corrected chi connectivity index (χ4v) is 4.48. The zero-order valence-electron chi connectivity index (χ0n) is 17.6. The van der Waals surface area contributed by atoms with E-state index in [-0.39, 0.29) is 0 Å². The number of aliphatic carboxylic acids is 1. The molecule has 1 aromatic carbocycles. The van der Waals surface area contributed by atoms with E-state index >= 15 is 0 Å². The molecule has 6 atom stereocenters. The van der Waals surface area contributed by atoms with Crippen molar-refractivity contribution in [3.05, 3.63) is 29.3 Å². The van der Waals surface area contributed by atoms with Crippen LogP contribution in [0, 0.1) is 0 Å². The molecule has 1 heterocycles. The van der Waals surface area contributed by atoms with Gasteiger partial charge < -0.3 is 34.8 Å². The summed E-state index contributed by atoms with van der Waals surface area (Å²) in [5, 5.41) is 39.5. The van der Waals surface area contributed by atoms with Gasteiger partial charge in [0.1, 0.15) is 24.1 Å².